The van der Waals surface area contributed by atoms with Gasteiger partial charge >= 0.3 is 0 Å². The van der Waals surface area contributed by atoms with Gasteiger partial charge < -0.3 is 25.8 Å². The van der Waals surface area contributed by atoms with Crippen LogP contribution < -0.4 is 5.73 Å². The van der Waals surface area contributed by atoms with Crippen molar-refractivity contribution in [1.82, 2.24) is 19.5 Å². The van der Waals surface area contributed by atoms with Crippen LogP contribution in [0.1, 0.15) is 6.23 Å². The van der Waals surface area contributed by atoms with E-state index in [1.165, 1.54) is 17.1 Å². The van der Waals surface area contributed by atoms with Gasteiger partial charge in [0.25, 0.3) is 0 Å². The molecule has 9 nitrogen and oxygen atoms in total. The summed E-state index contributed by atoms with van der Waals surface area (Å²) in [7, 11) is 0. The Balaban J connectivity index is 2.13. The molecule has 0 radical (unpaired) electrons. The average Bonchev–Trinajstić information content (AvgIpc) is 3.05. The van der Waals surface area contributed by atoms with Crippen LogP contribution in [0, 0.1) is 18.3 Å². The van der Waals surface area contributed by atoms with Crippen molar-refractivity contribution in [3.63, 3.8) is 0 Å². The Morgan fingerprint density at radius 3 is 2.82 bits per heavy atom. The van der Waals surface area contributed by atoms with Crippen LogP contribution in [0.3, 0.4) is 0 Å². The number of aromatic nitrogens is 4. The van der Waals surface area contributed by atoms with Crippen LogP contribution in [-0.2, 0) is 4.74 Å². The molecule has 0 aromatic carbocycles. The van der Waals surface area contributed by atoms with Crippen LogP contribution in [0.15, 0.2) is 12.5 Å². The van der Waals surface area contributed by atoms with E-state index in [2.05, 4.69) is 20.9 Å². The number of rotatable bonds is 3. The number of hydrogen-bond acceptors (Lipinski definition) is 8. The lowest BCUT2D eigenvalue weighted by molar-refractivity contribution is -0.0706. The van der Waals surface area contributed by atoms with E-state index in [4.69, 9.17) is 16.9 Å². The molecule has 2 unspecified atom stereocenters. The maximum Gasteiger partial charge on any atom is 0.222 e. The summed E-state index contributed by atoms with van der Waals surface area (Å²) in [6.07, 6.45) is 6.41. The molecule has 9 heteroatoms. The van der Waals surface area contributed by atoms with Crippen LogP contribution >= 0.6 is 0 Å². The number of imidazole rings is 1. The van der Waals surface area contributed by atoms with Gasteiger partial charge in [0.05, 0.1) is 37.8 Å². The Kier molecular flexibility index (Phi) is 3.46. The third-order valence-corrected chi connectivity index (χ3v) is 3.89. The lowest BCUT2D eigenvalue weighted by atomic mass is 9.86. The smallest absolute Gasteiger partial charge is 0.222 e. The first kappa shape index (κ1) is 14.7. The normalized spacial score (nSPS) is 31.5. The Bertz CT molecular complexity index is 742. The number of aliphatic hydroxyl groups excluding tert-OH is 2. The average molecular weight is 305 g/mol. The molecule has 1 aliphatic rings. The summed E-state index contributed by atoms with van der Waals surface area (Å²) >= 11 is 0. The first-order chi connectivity index (χ1) is 10.5. The highest BCUT2D eigenvalue weighted by molar-refractivity contribution is 5.70. The minimum absolute atomic E-state index is 0.0360. The lowest BCUT2D eigenvalue weighted by Gasteiger charge is -2.28. The van der Waals surface area contributed by atoms with E-state index >= 15 is 0 Å². The van der Waals surface area contributed by atoms with Crippen molar-refractivity contribution in [3.8, 4) is 12.3 Å². The van der Waals surface area contributed by atoms with E-state index in [1.54, 1.807) is 0 Å². The van der Waals surface area contributed by atoms with Crippen molar-refractivity contribution in [2.24, 2.45) is 5.92 Å². The van der Waals surface area contributed by atoms with Gasteiger partial charge in [-0.15, -0.1) is 6.42 Å². The monoisotopic (exact) mass is 305 g/mol. The molecule has 4 atom stereocenters. The predicted molar refractivity (Wildman–Crippen MR) is 75.1 cm³/mol. The molecular weight excluding hydrogens is 290 g/mol. The fourth-order valence-corrected chi connectivity index (χ4v) is 2.73. The van der Waals surface area contributed by atoms with Gasteiger partial charge in [0.15, 0.2) is 17.5 Å². The minimum Gasteiger partial charge on any atom is -0.396 e. The van der Waals surface area contributed by atoms with Crippen LogP contribution in [0.4, 0.5) is 5.95 Å². The molecule has 1 aliphatic heterocycles. The quantitative estimate of drug-likeness (QED) is 0.491. The summed E-state index contributed by atoms with van der Waals surface area (Å²) in [4.78, 5) is 12.0. The second-order valence-corrected chi connectivity index (χ2v) is 5.06. The van der Waals surface area contributed by atoms with Gasteiger partial charge in [-0.05, 0) is 0 Å². The Morgan fingerprint density at radius 1 is 1.41 bits per heavy atom. The second-order valence-electron chi connectivity index (χ2n) is 5.06. The molecular formula is C13H15N5O4. The molecule has 3 rings (SSSR count). The summed E-state index contributed by atoms with van der Waals surface area (Å²) in [6, 6.07) is 0. The van der Waals surface area contributed by atoms with Crippen LogP contribution in [-0.4, -0.2) is 59.8 Å². The third-order valence-electron chi connectivity index (χ3n) is 3.89. The first-order valence-corrected chi connectivity index (χ1v) is 6.57. The zero-order chi connectivity index (χ0) is 15.9. The highest BCUT2D eigenvalue weighted by Gasteiger charge is 2.55. The van der Waals surface area contributed by atoms with Crippen molar-refractivity contribution in [1.29, 1.82) is 0 Å². The number of terminal acetylenes is 1. The molecule has 5 N–H and O–H groups in total. The van der Waals surface area contributed by atoms with Gasteiger partial charge in [-0.25, -0.2) is 9.97 Å². The lowest BCUT2D eigenvalue weighted by Crippen LogP contribution is -2.43. The topological polar surface area (TPSA) is 140 Å². The fourth-order valence-electron chi connectivity index (χ4n) is 2.73. The number of nitrogens with zero attached hydrogens (tertiary/aromatic N) is 4. The number of nitrogens with two attached hydrogens (primary N) is 1. The van der Waals surface area contributed by atoms with Crippen molar-refractivity contribution >= 4 is 17.1 Å². The first-order valence-electron chi connectivity index (χ1n) is 6.57. The molecule has 0 bridgehead atoms. The van der Waals surface area contributed by atoms with Crippen molar-refractivity contribution < 1.29 is 20.1 Å². The summed E-state index contributed by atoms with van der Waals surface area (Å²) in [5.41, 5.74) is 4.53. The minimum atomic E-state index is -1.82. The zero-order valence-corrected chi connectivity index (χ0v) is 11.5. The van der Waals surface area contributed by atoms with Crippen LogP contribution in [0.2, 0.25) is 0 Å². The molecule has 0 spiro atoms. The molecule has 1 fully saturated rings. The van der Waals surface area contributed by atoms with Gasteiger partial charge in [0.1, 0.15) is 5.52 Å². The van der Waals surface area contributed by atoms with E-state index in [1.807, 2.05) is 0 Å². The van der Waals surface area contributed by atoms with E-state index in [-0.39, 0.29) is 5.95 Å². The van der Waals surface area contributed by atoms with Crippen LogP contribution in [0.5, 0.6) is 0 Å². The van der Waals surface area contributed by atoms with E-state index in [0.29, 0.717) is 11.2 Å². The van der Waals surface area contributed by atoms with Gasteiger partial charge in [-0.1, -0.05) is 5.92 Å². The second kappa shape index (κ2) is 5.19. The molecule has 2 aromatic heterocycles. The number of hydrogen-bond donors (Lipinski definition) is 4. The zero-order valence-electron chi connectivity index (χ0n) is 11.5. The van der Waals surface area contributed by atoms with Gasteiger partial charge in [-0.2, -0.15) is 4.98 Å². The summed E-state index contributed by atoms with van der Waals surface area (Å²) in [5.74, 6) is 1.45. The van der Waals surface area contributed by atoms with E-state index in [9.17, 15) is 15.3 Å². The summed E-state index contributed by atoms with van der Waals surface area (Å²) in [5, 5.41) is 29.6. The fraction of sp³-hybridized carbons (Fsp3) is 0.462. The Morgan fingerprint density at radius 2 is 2.18 bits per heavy atom. The number of fused-ring (bicyclic) bond motifs is 1. The maximum atomic E-state index is 10.8. The maximum absolute atomic E-state index is 10.8. The molecule has 2 aromatic rings. The number of nitrogen functional groups attached to an aromatic ring is 1. The SMILES string of the molecule is C#CC1(O)C(CO)[C@@H](CO)O[C@H]1n1cnc2cnc(N)nc21. The van der Waals surface area contributed by atoms with Gasteiger partial charge in [0, 0.05) is 0 Å². The number of anilines is 1. The molecule has 0 amide bonds. The standard InChI is InChI=1S/C13H15N5O4/c1-2-13(21)7(4-19)9(5-20)22-11(13)18-6-16-8-3-15-12(14)17-10(8)18/h1,3,6-7,9,11,19-21H,4-5H2,(H2,14,15,17)/t7?,9-,11-,13?/m1/s1. The predicted octanol–water partition coefficient (Wildman–Crippen LogP) is -1.73. The highest BCUT2D eigenvalue weighted by atomic mass is 16.5. The van der Waals surface area contributed by atoms with E-state index < -0.39 is 37.1 Å². The van der Waals surface area contributed by atoms with Crippen LogP contribution in [0.25, 0.3) is 11.2 Å². The largest absolute Gasteiger partial charge is 0.396 e. The van der Waals surface area contributed by atoms with Crippen molar-refractivity contribution in [2.45, 2.75) is 17.9 Å². The van der Waals surface area contributed by atoms with Gasteiger partial charge in [0.2, 0.25) is 5.95 Å². The molecule has 22 heavy (non-hydrogen) atoms. The third kappa shape index (κ3) is 1.93. The highest BCUT2D eigenvalue weighted by Crippen LogP contribution is 2.43. The van der Waals surface area contributed by atoms with Crippen molar-refractivity contribution in [3.05, 3.63) is 12.5 Å². The molecule has 116 valence electrons. The molecule has 1 saturated heterocycles. The summed E-state index contributed by atoms with van der Waals surface area (Å²) in [6.45, 7) is -0.832. The Hall–Kier alpha value is -2.25. The Labute approximate surface area is 125 Å². The summed E-state index contributed by atoms with van der Waals surface area (Å²) < 4.78 is 7.05. The molecule has 3 heterocycles. The number of ether oxygens (including phenoxy) is 1. The van der Waals surface area contributed by atoms with Gasteiger partial charge in [-0.3, -0.25) is 4.57 Å². The molecule has 0 aliphatic carbocycles. The van der Waals surface area contributed by atoms with Crippen molar-refractivity contribution in [2.75, 3.05) is 18.9 Å². The molecule has 0 saturated carbocycles. The number of aliphatic hydroxyl groups is 3. The van der Waals surface area contributed by atoms with E-state index in [0.717, 1.165) is 0 Å².